The van der Waals surface area contributed by atoms with Gasteiger partial charge in [0.25, 0.3) is 0 Å². The zero-order valence-electron chi connectivity index (χ0n) is 26.9. The van der Waals surface area contributed by atoms with Gasteiger partial charge < -0.3 is 5.73 Å². The Bertz CT molecular complexity index is 1670. The lowest BCUT2D eigenvalue weighted by atomic mass is 9.95. The van der Waals surface area contributed by atoms with Crippen LogP contribution in [0.25, 0.3) is 23.3 Å². The van der Waals surface area contributed by atoms with E-state index in [9.17, 15) is 0 Å². The summed E-state index contributed by atoms with van der Waals surface area (Å²) in [7, 11) is 0. The number of allylic oxidation sites excluding steroid dienone is 16. The Kier molecular flexibility index (Phi) is 10.8. The molecule has 0 atom stereocenters. The van der Waals surface area contributed by atoms with Crippen molar-refractivity contribution in [2.45, 2.75) is 67.2 Å². The third-order valence-electron chi connectivity index (χ3n) is 8.80. The van der Waals surface area contributed by atoms with Gasteiger partial charge >= 0.3 is 0 Å². The molecular formula is C42H47N. The number of hydrogen-bond acceptors (Lipinski definition) is 1. The lowest BCUT2D eigenvalue weighted by Crippen LogP contribution is -1.93. The molecule has 0 aliphatic heterocycles. The predicted molar refractivity (Wildman–Crippen MR) is 191 cm³/mol. The zero-order valence-corrected chi connectivity index (χ0v) is 26.9. The van der Waals surface area contributed by atoms with E-state index in [4.69, 9.17) is 5.73 Å². The van der Waals surface area contributed by atoms with E-state index in [1.165, 1.54) is 78.0 Å². The van der Waals surface area contributed by atoms with Gasteiger partial charge in [-0.15, -0.1) is 0 Å². The number of hydrogen-bond donors (Lipinski definition) is 1. The van der Waals surface area contributed by atoms with Crippen LogP contribution in [-0.4, -0.2) is 0 Å². The van der Waals surface area contributed by atoms with Crippen molar-refractivity contribution in [3.05, 3.63) is 165 Å². The van der Waals surface area contributed by atoms with Gasteiger partial charge in [0.15, 0.2) is 0 Å². The lowest BCUT2D eigenvalue weighted by molar-refractivity contribution is 1.05. The molecule has 2 N–H and O–H groups in total. The molecule has 0 heterocycles. The summed E-state index contributed by atoms with van der Waals surface area (Å²) < 4.78 is 0. The molecule has 2 aliphatic rings. The molecule has 43 heavy (non-hydrogen) atoms. The van der Waals surface area contributed by atoms with Crippen molar-refractivity contribution in [1.29, 1.82) is 0 Å². The molecule has 0 saturated carbocycles. The van der Waals surface area contributed by atoms with Crippen LogP contribution in [0.1, 0.15) is 87.8 Å². The van der Waals surface area contributed by atoms with E-state index >= 15 is 0 Å². The Morgan fingerprint density at radius 3 is 1.93 bits per heavy atom. The number of nitrogens with two attached hydrogens (primary N) is 1. The van der Waals surface area contributed by atoms with Gasteiger partial charge in [0.2, 0.25) is 0 Å². The number of rotatable bonds is 11. The van der Waals surface area contributed by atoms with Crippen LogP contribution in [0.4, 0.5) is 0 Å². The standard InChI is InChI=1S/C42H47N/c1-8-29(4)31(6)16-17-33-18-20-39-37(25-33)27-41-40-21-19-34(26-38(40)28-42(39)41)24-32(7)30(5)14-12-11-13-15-35(9-2)36(10-3)22-23-43/h8,11-26H,1,9-10,27-28,43H2,2-7H3/b12-11+,15-13-,17-16-,23-22+,30-14-,31-29-,32-24-,36-35-. The summed E-state index contributed by atoms with van der Waals surface area (Å²) in [6.45, 7) is 16.9. The minimum absolute atomic E-state index is 0.982. The topological polar surface area (TPSA) is 26.0 Å². The highest BCUT2D eigenvalue weighted by Crippen LogP contribution is 2.47. The molecule has 0 spiro atoms. The number of fused-ring (bicyclic) bond motifs is 4. The van der Waals surface area contributed by atoms with Crippen molar-refractivity contribution >= 4 is 23.3 Å². The highest BCUT2D eigenvalue weighted by atomic mass is 14.5. The number of benzene rings is 2. The molecule has 220 valence electrons. The van der Waals surface area contributed by atoms with Crippen molar-refractivity contribution in [2.75, 3.05) is 0 Å². The van der Waals surface area contributed by atoms with Crippen LogP contribution in [0, 0.1) is 0 Å². The molecule has 0 saturated heterocycles. The van der Waals surface area contributed by atoms with Gasteiger partial charge in [-0.2, -0.15) is 0 Å². The second-order valence-electron chi connectivity index (χ2n) is 11.6. The van der Waals surface area contributed by atoms with Crippen molar-refractivity contribution in [3.63, 3.8) is 0 Å². The predicted octanol–water partition coefficient (Wildman–Crippen LogP) is 11.3. The van der Waals surface area contributed by atoms with Gasteiger partial charge in [-0.1, -0.05) is 112 Å². The Balaban J connectivity index is 1.43. The van der Waals surface area contributed by atoms with E-state index in [1.807, 2.05) is 12.2 Å². The maximum Gasteiger partial charge on any atom is -0.00104 e. The highest BCUT2D eigenvalue weighted by molar-refractivity contribution is 6.02. The Morgan fingerprint density at radius 2 is 1.33 bits per heavy atom. The summed E-state index contributed by atoms with van der Waals surface area (Å²) in [5.74, 6) is 0. The molecular weight excluding hydrogens is 518 g/mol. The molecule has 2 aliphatic carbocycles. The Morgan fingerprint density at radius 1 is 0.721 bits per heavy atom. The van der Waals surface area contributed by atoms with Crippen LogP contribution < -0.4 is 5.73 Å². The molecule has 1 heteroatoms. The van der Waals surface area contributed by atoms with Crippen LogP contribution in [0.5, 0.6) is 0 Å². The van der Waals surface area contributed by atoms with E-state index in [2.05, 4.69) is 133 Å². The first-order chi connectivity index (χ1) is 20.8. The maximum atomic E-state index is 5.61. The minimum atomic E-state index is 0.982. The summed E-state index contributed by atoms with van der Waals surface area (Å²) in [6, 6.07) is 13.9. The third-order valence-corrected chi connectivity index (χ3v) is 8.80. The summed E-state index contributed by atoms with van der Waals surface area (Å²) in [5, 5.41) is 0. The molecule has 1 nitrogen and oxygen atoms in total. The van der Waals surface area contributed by atoms with Crippen LogP contribution in [0.2, 0.25) is 0 Å². The molecule has 0 unspecified atom stereocenters. The van der Waals surface area contributed by atoms with Gasteiger partial charge in [0, 0.05) is 0 Å². The molecule has 4 rings (SSSR count). The van der Waals surface area contributed by atoms with Gasteiger partial charge in [-0.3, -0.25) is 0 Å². The fraction of sp³-hybridized carbons (Fsp3) is 0.238. The minimum Gasteiger partial charge on any atom is -0.405 e. The van der Waals surface area contributed by atoms with Crippen molar-refractivity contribution < 1.29 is 0 Å². The maximum absolute atomic E-state index is 5.61. The molecule has 2 aromatic carbocycles. The smallest absolute Gasteiger partial charge is 0.00104 e. The fourth-order valence-corrected chi connectivity index (χ4v) is 5.88. The highest BCUT2D eigenvalue weighted by Gasteiger charge is 2.29. The molecule has 0 fully saturated rings. The van der Waals surface area contributed by atoms with E-state index in [0.717, 1.165) is 25.7 Å². The van der Waals surface area contributed by atoms with Crippen LogP contribution in [0.15, 0.2) is 131 Å². The average Bonchev–Trinajstić information content (AvgIpc) is 3.55. The first-order valence-corrected chi connectivity index (χ1v) is 15.6. The van der Waals surface area contributed by atoms with Gasteiger partial charge in [0.05, 0.1) is 0 Å². The van der Waals surface area contributed by atoms with Crippen molar-refractivity contribution in [2.24, 2.45) is 5.73 Å². The van der Waals surface area contributed by atoms with E-state index in [1.54, 1.807) is 6.20 Å². The Hall–Kier alpha value is -4.36. The quantitative estimate of drug-likeness (QED) is 0.269. The summed E-state index contributed by atoms with van der Waals surface area (Å²) in [5.41, 5.74) is 24.5. The monoisotopic (exact) mass is 565 g/mol. The van der Waals surface area contributed by atoms with E-state index < -0.39 is 0 Å². The Labute approximate surface area is 260 Å². The van der Waals surface area contributed by atoms with E-state index in [0.29, 0.717) is 0 Å². The molecule has 0 radical (unpaired) electrons. The fourth-order valence-electron chi connectivity index (χ4n) is 5.88. The van der Waals surface area contributed by atoms with Crippen molar-refractivity contribution in [1.82, 2.24) is 0 Å². The SMILES string of the molecule is C=C/C(C)=C(C)\C=C/c1ccc2c(c1)CC1=C2Cc2cc(\C=C(C)/C(C)=C\C=C\C=C/C(CC)=C(\C=C\N)CC)ccc21. The second kappa shape index (κ2) is 14.7. The molecule has 2 aromatic rings. The molecule has 0 aromatic heterocycles. The summed E-state index contributed by atoms with van der Waals surface area (Å²) in [4.78, 5) is 0. The van der Waals surface area contributed by atoms with Crippen LogP contribution in [-0.2, 0) is 12.8 Å². The molecule has 0 amide bonds. The largest absolute Gasteiger partial charge is 0.405 e. The van der Waals surface area contributed by atoms with Gasteiger partial charge in [-0.25, -0.2) is 0 Å². The first-order valence-electron chi connectivity index (χ1n) is 15.6. The van der Waals surface area contributed by atoms with Gasteiger partial charge in [-0.05, 0) is 144 Å². The average molecular weight is 566 g/mol. The third kappa shape index (κ3) is 7.54. The first kappa shape index (κ1) is 31.6. The van der Waals surface area contributed by atoms with E-state index in [-0.39, 0.29) is 0 Å². The van der Waals surface area contributed by atoms with Gasteiger partial charge in [0.1, 0.15) is 0 Å². The normalized spacial score (nSPS) is 16.4. The molecule has 0 bridgehead atoms. The van der Waals surface area contributed by atoms with Crippen molar-refractivity contribution in [3.8, 4) is 0 Å². The summed E-state index contributed by atoms with van der Waals surface area (Å²) in [6.07, 6.45) is 27.0. The zero-order chi connectivity index (χ0) is 30.9. The van der Waals surface area contributed by atoms with Crippen LogP contribution in [0.3, 0.4) is 0 Å². The lowest BCUT2D eigenvalue weighted by Gasteiger charge is -2.09. The summed E-state index contributed by atoms with van der Waals surface area (Å²) >= 11 is 0. The second-order valence-corrected chi connectivity index (χ2v) is 11.6. The van der Waals surface area contributed by atoms with Crippen LogP contribution >= 0.6 is 0 Å².